The Labute approximate surface area is 176 Å². The third kappa shape index (κ3) is 5.09. The zero-order valence-corrected chi connectivity index (χ0v) is 18.2. The SMILES string of the molecule is CC(C)c1cn(-c2ccc(C(F)F)cc2)nc1N1CCN(C(=O)OC(C)(C)C)CC1. The number of carbonyl (C=O) groups is 1. The molecule has 1 fully saturated rings. The van der Waals surface area contributed by atoms with Crippen molar-refractivity contribution in [1.82, 2.24) is 14.7 Å². The highest BCUT2D eigenvalue weighted by Crippen LogP contribution is 2.29. The number of aromatic nitrogens is 2. The number of benzene rings is 1. The van der Waals surface area contributed by atoms with Gasteiger partial charge in [0.1, 0.15) is 5.60 Å². The molecule has 8 heteroatoms. The van der Waals surface area contributed by atoms with Gasteiger partial charge in [-0.05, 0) is 38.8 Å². The molecular formula is C22H30F2N4O2. The topological polar surface area (TPSA) is 50.6 Å². The summed E-state index contributed by atoms with van der Waals surface area (Å²) in [5, 5.41) is 4.75. The van der Waals surface area contributed by atoms with Crippen LogP contribution in [0.3, 0.4) is 0 Å². The van der Waals surface area contributed by atoms with Crippen LogP contribution in [0.4, 0.5) is 19.4 Å². The van der Waals surface area contributed by atoms with Crippen LogP contribution in [-0.2, 0) is 4.74 Å². The predicted octanol–water partition coefficient (Wildman–Crippen LogP) is 4.99. The lowest BCUT2D eigenvalue weighted by atomic mass is 10.1. The molecule has 2 heterocycles. The largest absolute Gasteiger partial charge is 0.444 e. The number of ether oxygens (including phenoxy) is 1. The molecule has 0 aliphatic carbocycles. The van der Waals surface area contributed by atoms with Gasteiger partial charge in [0.15, 0.2) is 5.82 Å². The molecule has 0 spiro atoms. The molecule has 1 aromatic carbocycles. The second-order valence-electron chi connectivity index (χ2n) is 8.85. The lowest BCUT2D eigenvalue weighted by molar-refractivity contribution is 0.0240. The molecule has 0 N–H and O–H groups in total. The molecule has 0 bridgehead atoms. The Morgan fingerprint density at radius 1 is 1.07 bits per heavy atom. The molecule has 164 valence electrons. The van der Waals surface area contributed by atoms with E-state index in [1.54, 1.807) is 21.7 Å². The minimum absolute atomic E-state index is 0.00604. The molecule has 0 saturated carbocycles. The summed E-state index contributed by atoms with van der Waals surface area (Å²) in [6, 6.07) is 6.16. The lowest BCUT2D eigenvalue weighted by Crippen LogP contribution is -2.50. The molecule has 1 amide bonds. The van der Waals surface area contributed by atoms with Crippen LogP contribution in [0.1, 0.15) is 58.1 Å². The number of halogens is 2. The molecule has 0 radical (unpaired) electrons. The summed E-state index contributed by atoms with van der Waals surface area (Å²) in [6.45, 7) is 12.2. The van der Waals surface area contributed by atoms with E-state index in [1.807, 2.05) is 27.0 Å². The van der Waals surface area contributed by atoms with Crippen LogP contribution in [0.5, 0.6) is 0 Å². The summed E-state index contributed by atoms with van der Waals surface area (Å²) in [7, 11) is 0. The first-order valence-corrected chi connectivity index (χ1v) is 10.3. The second-order valence-corrected chi connectivity index (χ2v) is 8.85. The van der Waals surface area contributed by atoms with E-state index in [2.05, 4.69) is 18.7 Å². The smallest absolute Gasteiger partial charge is 0.410 e. The predicted molar refractivity (Wildman–Crippen MR) is 113 cm³/mol. The number of piperazine rings is 1. The molecule has 1 aliphatic rings. The summed E-state index contributed by atoms with van der Waals surface area (Å²) in [5.41, 5.74) is 1.30. The third-order valence-corrected chi connectivity index (χ3v) is 4.98. The van der Waals surface area contributed by atoms with Gasteiger partial charge in [0.25, 0.3) is 6.43 Å². The van der Waals surface area contributed by atoms with Crippen LogP contribution < -0.4 is 4.90 Å². The fourth-order valence-electron chi connectivity index (χ4n) is 3.36. The fraction of sp³-hybridized carbons (Fsp3) is 0.545. The van der Waals surface area contributed by atoms with Crippen molar-refractivity contribution in [3.63, 3.8) is 0 Å². The number of amides is 1. The van der Waals surface area contributed by atoms with E-state index in [1.165, 1.54) is 12.1 Å². The van der Waals surface area contributed by atoms with Gasteiger partial charge in [0.2, 0.25) is 0 Å². The monoisotopic (exact) mass is 420 g/mol. The first-order chi connectivity index (χ1) is 14.0. The lowest BCUT2D eigenvalue weighted by Gasteiger charge is -2.36. The Hall–Kier alpha value is -2.64. The zero-order valence-electron chi connectivity index (χ0n) is 18.2. The van der Waals surface area contributed by atoms with E-state index in [0.717, 1.165) is 17.1 Å². The van der Waals surface area contributed by atoms with Gasteiger partial charge in [-0.2, -0.15) is 0 Å². The number of anilines is 1. The molecular weight excluding hydrogens is 390 g/mol. The van der Waals surface area contributed by atoms with Gasteiger partial charge in [-0.3, -0.25) is 0 Å². The number of alkyl halides is 2. The van der Waals surface area contributed by atoms with Gasteiger partial charge in [-0.1, -0.05) is 26.0 Å². The molecule has 1 aromatic heterocycles. The standard InChI is InChI=1S/C22H30F2N4O2/c1-15(2)18-14-28(17-8-6-16(7-9-17)19(23)24)25-20(18)26-10-12-27(13-11-26)21(29)30-22(3,4)5/h6-9,14-15,19H,10-13H2,1-5H3. The maximum absolute atomic E-state index is 12.8. The van der Waals surface area contributed by atoms with Crippen LogP contribution in [0, 0.1) is 0 Å². The van der Waals surface area contributed by atoms with E-state index >= 15 is 0 Å². The molecule has 6 nitrogen and oxygen atoms in total. The number of rotatable bonds is 4. The quantitative estimate of drug-likeness (QED) is 0.699. The van der Waals surface area contributed by atoms with Gasteiger partial charge in [-0.25, -0.2) is 18.3 Å². The highest BCUT2D eigenvalue weighted by molar-refractivity contribution is 5.68. The van der Waals surface area contributed by atoms with Crippen molar-refractivity contribution in [3.8, 4) is 5.69 Å². The molecule has 1 aliphatic heterocycles. The number of nitrogens with zero attached hydrogens (tertiary/aromatic N) is 4. The van der Waals surface area contributed by atoms with Crippen molar-refractivity contribution in [2.24, 2.45) is 0 Å². The van der Waals surface area contributed by atoms with Gasteiger partial charge in [0, 0.05) is 43.5 Å². The van der Waals surface area contributed by atoms with E-state index in [0.29, 0.717) is 26.2 Å². The summed E-state index contributed by atoms with van der Waals surface area (Å²) >= 11 is 0. The Morgan fingerprint density at radius 2 is 1.67 bits per heavy atom. The average molecular weight is 421 g/mol. The normalized spacial score (nSPS) is 15.2. The molecule has 0 atom stereocenters. The van der Waals surface area contributed by atoms with Crippen LogP contribution in [-0.4, -0.2) is 52.6 Å². The van der Waals surface area contributed by atoms with E-state index < -0.39 is 12.0 Å². The van der Waals surface area contributed by atoms with Gasteiger partial charge in [-0.15, -0.1) is 5.10 Å². The molecule has 2 aromatic rings. The summed E-state index contributed by atoms with van der Waals surface area (Å²) in [6.07, 6.45) is -0.826. The minimum Gasteiger partial charge on any atom is -0.444 e. The molecule has 3 rings (SSSR count). The van der Waals surface area contributed by atoms with Gasteiger partial charge in [0.05, 0.1) is 5.69 Å². The number of carbonyl (C=O) groups excluding carboxylic acids is 1. The van der Waals surface area contributed by atoms with Crippen molar-refractivity contribution in [3.05, 3.63) is 41.6 Å². The molecule has 30 heavy (non-hydrogen) atoms. The fourth-order valence-corrected chi connectivity index (χ4v) is 3.36. The zero-order chi connectivity index (χ0) is 22.1. The van der Waals surface area contributed by atoms with E-state index in [4.69, 9.17) is 9.84 Å². The summed E-state index contributed by atoms with van der Waals surface area (Å²) in [5.74, 6) is 1.12. The average Bonchev–Trinajstić information content (AvgIpc) is 3.12. The summed E-state index contributed by atoms with van der Waals surface area (Å²) in [4.78, 5) is 16.2. The third-order valence-electron chi connectivity index (χ3n) is 4.98. The Kier molecular flexibility index (Phi) is 6.33. The first-order valence-electron chi connectivity index (χ1n) is 10.3. The van der Waals surface area contributed by atoms with Crippen LogP contribution in [0.15, 0.2) is 30.5 Å². The van der Waals surface area contributed by atoms with E-state index in [-0.39, 0.29) is 17.6 Å². The van der Waals surface area contributed by atoms with Crippen molar-refractivity contribution in [1.29, 1.82) is 0 Å². The van der Waals surface area contributed by atoms with Gasteiger partial charge < -0.3 is 14.5 Å². The first kappa shape index (κ1) is 22.1. The highest BCUT2D eigenvalue weighted by atomic mass is 19.3. The van der Waals surface area contributed by atoms with Crippen molar-refractivity contribution in [2.75, 3.05) is 31.1 Å². The second kappa shape index (κ2) is 8.62. The highest BCUT2D eigenvalue weighted by Gasteiger charge is 2.28. The Morgan fingerprint density at radius 3 is 2.17 bits per heavy atom. The number of hydrogen-bond acceptors (Lipinski definition) is 4. The van der Waals surface area contributed by atoms with Crippen molar-refractivity contribution < 1.29 is 18.3 Å². The Bertz CT molecular complexity index is 864. The van der Waals surface area contributed by atoms with Crippen LogP contribution in [0.25, 0.3) is 5.69 Å². The van der Waals surface area contributed by atoms with Crippen LogP contribution in [0.2, 0.25) is 0 Å². The maximum atomic E-state index is 12.8. The maximum Gasteiger partial charge on any atom is 0.410 e. The molecule has 1 saturated heterocycles. The van der Waals surface area contributed by atoms with Crippen LogP contribution >= 0.6 is 0 Å². The number of hydrogen-bond donors (Lipinski definition) is 0. The van der Waals surface area contributed by atoms with Crippen molar-refractivity contribution >= 4 is 11.9 Å². The van der Waals surface area contributed by atoms with E-state index in [9.17, 15) is 13.6 Å². The molecule has 0 unspecified atom stereocenters. The minimum atomic E-state index is -2.49. The van der Waals surface area contributed by atoms with Crippen molar-refractivity contribution in [2.45, 2.75) is 52.6 Å². The summed E-state index contributed by atoms with van der Waals surface area (Å²) < 4.78 is 32.9. The Balaban J connectivity index is 1.76. The van der Waals surface area contributed by atoms with Gasteiger partial charge >= 0.3 is 6.09 Å².